The molecular weight excluding hydrogens is 495 g/mol. The number of aromatic nitrogens is 1. The van der Waals surface area contributed by atoms with E-state index in [1.165, 1.54) is 12.1 Å². The van der Waals surface area contributed by atoms with Gasteiger partial charge in [0.25, 0.3) is 0 Å². The summed E-state index contributed by atoms with van der Waals surface area (Å²) in [4.78, 5) is 11.0. The second-order valence-corrected chi connectivity index (χ2v) is 7.60. The first-order valence-electron chi connectivity index (χ1n) is 9.21. The Morgan fingerprint density at radius 2 is 2.21 bits per heavy atom. The normalized spacial score (nSPS) is 16.8. The summed E-state index contributed by atoms with van der Waals surface area (Å²) in [6.45, 7) is 6.82. The Balaban J connectivity index is 0.00000280. The van der Waals surface area contributed by atoms with E-state index in [4.69, 9.17) is 0 Å². The van der Waals surface area contributed by atoms with Gasteiger partial charge in [-0.15, -0.1) is 35.3 Å². The molecule has 0 saturated carbocycles. The summed E-state index contributed by atoms with van der Waals surface area (Å²) in [5, 5.41) is 9.81. The monoisotopic (exact) mass is 521 g/mol. The van der Waals surface area contributed by atoms with Crippen molar-refractivity contribution in [1.29, 1.82) is 0 Å². The minimum absolute atomic E-state index is 0. The lowest BCUT2D eigenvalue weighted by Gasteiger charge is -2.21. The first-order valence-corrected chi connectivity index (χ1v) is 10.1. The number of guanidine groups is 1. The molecule has 0 radical (unpaired) electrons. The molecule has 3 rings (SSSR count). The van der Waals surface area contributed by atoms with Crippen LogP contribution in [0.2, 0.25) is 0 Å². The van der Waals surface area contributed by atoms with Gasteiger partial charge >= 0.3 is 0 Å². The Hall–Kier alpha value is -1.49. The van der Waals surface area contributed by atoms with Crippen molar-refractivity contribution in [3.63, 3.8) is 0 Å². The molecule has 0 amide bonds. The van der Waals surface area contributed by atoms with Gasteiger partial charge < -0.3 is 15.5 Å². The Labute approximate surface area is 185 Å². The summed E-state index contributed by atoms with van der Waals surface area (Å²) in [5.74, 6) is -0.312. The van der Waals surface area contributed by atoms with E-state index < -0.39 is 11.6 Å². The fraction of sp³-hybridized carbons (Fsp3) is 0.474. The van der Waals surface area contributed by atoms with Gasteiger partial charge in [0.15, 0.2) is 5.96 Å². The summed E-state index contributed by atoms with van der Waals surface area (Å²) in [7, 11) is 0. The first kappa shape index (κ1) is 22.8. The zero-order valence-corrected chi connectivity index (χ0v) is 19.2. The second kappa shape index (κ2) is 10.9. The van der Waals surface area contributed by atoms with Gasteiger partial charge in [-0.1, -0.05) is 0 Å². The number of nitrogens with one attached hydrogen (secondary N) is 2. The van der Waals surface area contributed by atoms with Crippen molar-refractivity contribution in [2.75, 3.05) is 31.1 Å². The van der Waals surface area contributed by atoms with Gasteiger partial charge in [0.2, 0.25) is 0 Å². The lowest BCUT2D eigenvalue weighted by molar-refractivity contribution is 0.580. The largest absolute Gasteiger partial charge is 0.367 e. The first-order chi connectivity index (χ1) is 13.0. The predicted molar refractivity (Wildman–Crippen MR) is 122 cm³/mol. The highest BCUT2D eigenvalue weighted by atomic mass is 127. The maximum absolute atomic E-state index is 14.0. The summed E-state index contributed by atoms with van der Waals surface area (Å²) < 4.78 is 27.1. The van der Waals surface area contributed by atoms with E-state index in [0.717, 1.165) is 48.7 Å². The summed E-state index contributed by atoms with van der Waals surface area (Å²) in [6.07, 6.45) is 1.67. The molecule has 0 spiro atoms. The highest BCUT2D eigenvalue weighted by Gasteiger charge is 2.25. The molecule has 28 heavy (non-hydrogen) atoms. The van der Waals surface area contributed by atoms with Crippen molar-refractivity contribution in [1.82, 2.24) is 15.6 Å². The van der Waals surface area contributed by atoms with Crippen molar-refractivity contribution in [3.05, 3.63) is 45.9 Å². The van der Waals surface area contributed by atoms with Crippen LogP contribution in [0.4, 0.5) is 14.5 Å². The third-order valence-corrected chi connectivity index (χ3v) is 5.25. The zero-order chi connectivity index (χ0) is 19.2. The Morgan fingerprint density at radius 3 is 2.89 bits per heavy atom. The van der Waals surface area contributed by atoms with Gasteiger partial charge in [0.1, 0.15) is 11.6 Å². The molecule has 5 nitrogen and oxygen atoms in total. The molecule has 1 aliphatic heterocycles. The average Bonchev–Trinajstić information content (AvgIpc) is 3.24. The van der Waals surface area contributed by atoms with Crippen LogP contribution in [-0.4, -0.2) is 43.2 Å². The fourth-order valence-electron chi connectivity index (χ4n) is 3.15. The van der Waals surface area contributed by atoms with Crippen LogP contribution in [0.3, 0.4) is 0 Å². The van der Waals surface area contributed by atoms with Crippen molar-refractivity contribution in [2.24, 2.45) is 4.99 Å². The van der Waals surface area contributed by atoms with E-state index in [0.29, 0.717) is 18.8 Å². The topological polar surface area (TPSA) is 52.6 Å². The van der Waals surface area contributed by atoms with Crippen molar-refractivity contribution in [2.45, 2.75) is 32.7 Å². The van der Waals surface area contributed by atoms with E-state index in [-0.39, 0.29) is 30.0 Å². The Kier molecular flexibility index (Phi) is 8.87. The lowest BCUT2D eigenvalue weighted by atomic mass is 10.2. The lowest BCUT2D eigenvalue weighted by Crippen LogP contribution is -2.44. The predicted octanol–water partition coefficient (Wildman–Crippen LogP) is 3.72. The number of benzene rings is 1. The molecule has 2 heterocycles. The maximum Gasteiger partial charge on any atom is 0.191 e. The molecule has 1 fully saturated rings. The number of hydrogen-bond acceptors (Lipinski definition) is 4. The molecule has 1 unspecified atom stereocenters. The summed E-state index contributed by atoms with van der Waals surface area (Å²) >= 11 is 1.65. The van der Waals surface area contributed by atoms with Gasteiger partial charge in [-0.05, 0) is 32.4 Å². The zero-order valence-electron chi connectivity index (χ0n) is 16.0. The Morgan fingerprint density at radius 1 is 1.39 bits per heavy atom. The summed E-state index contributed by atoms with van der Waals surface area (Å²) in [5.41, 5.74) is 1.51. The molecule has 0 aliphatic carbocycles. The van der Waals surface area contributed by atoms with Crippen LogP contribution < -0.4 is 15.5 Å². The highest BCUT2D eigenvalue weighted by Crippen LogP contribution is 2.24. The number of hydrogen-bond donors (Lipinski definition) is 2. The average molecular weight is 521 g/mol. The third-order valence-electron chi connectivity index (χ3n) is 4.43. The number of aliphatic imine (C=N–C) groups is 1. The SMILES string of the molecule is CCNC(=NCCc1csc(C)n1)NC1CCN(c2ccc(F)cc2F)C1.I. The summed E-state index contributed by atoms with van der Waals surface area (Å²) in [6, 6.07) is 3.89. The molecule has 9 heteroatoms. The minimum Gasteiger partial charge on any atom is -0.367 e. The van der Waals surface area contributed by atoms with Gasteiger partial charge in [-0.25, -0.2) is 13.8 Å². The van der Waals surface area contributed by atoms with Crippen LogP contribution in [-0.2, 0) is 6.42 Å². The quantitative estimate of drug-likeness (QED) is 0.346. The van der Waals surface area contributed by atoms with Crippen LogP contribution in [0.25, 0.3) is 0 Å². The number of thiazole rings is 1. The van der Waals surface area contributed by atoms with E-state index in [1.54, 1.807) is 11.3 Å². The van der Waals surface area contributed by atoms with E-state index in [1.807, 2.05) is 18.7 Å². The molecule has 1 atom stereocenters. The Bertz CT molecular complexity index is 798. The van der Waals surface area contributed by atoms with Crippen LogP contribution in [0.5, 0.6) is 0 Å². The van der Waals surface area contributed by atoms with Gasteiger partial charge in [-0.3, -0.25) is 4.99 Å². The molecule has 2 N–H and O–H groups in total. The van der Waals surface area contributed by atoms with Gasteiger partial charge in [-0.2, -0.15) is 0 Å². The molecule has 0 bridgehead atoms. The maximum atomic E-state index is 14.0. The highest BCUT2D eigenvalue weighted by molar-refractivity contribution is 14.0. The molecule has 1 aromatic carbocycles. The standard InChI is InChI=1S/C19H25F2N5S.HI/c1-3-22-19(23-8-6-16-12-27-13(2)24-16)25-15-7-9-26(11-15)18-5-4-14(20)10-17(18)21;/h4-5,10,12,15H,3,6-9,11H2,1-2H3,(H2,22,23,25);1H. The third kappa shape index (κ3) is 6.26. The van der Waals surface area contributed by atoms with Crippen molar-refractivity contribution in [3.8, 4) is 0 Å². The second-order valence-electron chi connectivity index (χ2n) is 6.54. The molecule has 1 saturated heterocycles. The molecule has 1 aliphatic rings. The van der Waals surface area contributed by atoms with Crippen LogP contribution in [0.15, 0.2) is 28.6 Å². The van der Waals surface area contributed by atoms with Crippen molar-refractivity contribution < 1.29 is 8.78 Å². The number of nitrogens with zero attached hydrogens (tertiary/aromatic N) is 3. The van der Waals surface area contributed by atoms with Crippen LogP contribution in [0.1, 0.15) is 24.0 Å². The number of anilines is 1. The number of halogens is 3. The van der Waals surface area contributed by atoms with E-state index in [2.05, 4.69) is 26.0 Å². The molecule has 154 valence electrons. The van der Waals surface area contributed by atoms with Gasteiger partial charge in [0, 0.05) is 50.1 Å². The molecular formula is C19H26F2IN5S. The van der Waals surface area contributed by atoms with E-state index in [9.17, 15) is 8.78 Å². The van der Waals surface area contributed by atoms with E-state index >= 15 is 0 Å². The minimum atomic E-state index is -0.554. The molecule has 1 aromatic heterocycles. The van der Waals surface area contributed by atoms with Gasteiger partial charge in [0.05, 0.1) is 16.4 Å². The van der Waals surface area contributed by atoms with Crippen molar-refractivity contribution >= 4 is 47.0 Å². The molecule has 2 aromatic rings. The number of rotatable bonds is 6. The van der Waals surface area contributed by atoms with Crippen LogP contribution in [0, 0.1) is 18.6 Å². The fourth-order valence-corrected chi connectivity index (χ4v) is 3.80. The van der Waals surface area contributed by atoms with Crippen LogP contribution >= 0.6 is 35.3 Å². The number of aryl methyl sites for hydroxylation is 1. The smallest absolute Gasteiger partial charge is 0.191 e.